The minimum atomic E-state index is 0.617. The van der Waals surface area contributed by atoms with Gasteiger partial charge in [-0.15, -0.1) is 0 Å². The summed E-state index contributed by atoms with van der Waals surface area (Å²) in [6.45, 7) is 6.34. The summed E-state index contributed by atoms with van der Waals surface area (Å²) in [6, 6.07) is 0.617. The summed E-state index contributed by atoms with van der Waals surface area (Å²) < 4.78 is 0. The molecule has 0 saturated heterocycles. The molecule has 1 nitrogen and oxygen atoms in total. The van der Waals surface area contributed by atoms with Crippen LogP contribution in [-0.2, 0) is 0 Å². The van der Waals surface area contributed by atoms with Gasteiger partial charge in [0, 0.05) is 6.04 Å². The molecule has 0 aromatic rings. The van der Waals surface area contributed by atoms with Gasteiger partial charge in [0.15, 0.2) is 0 Å². The van der Waals surface area contributed by atoms with E-state index in [2.05, 4.69) is 19.2 Å². The summed E-state index contributed by atoms with van der Waals surface area (Å²) in [4.78, 5) is 0. The van der Waals surface area contributed by atoms with E-state index in [1.165, 1.54) is 6.42 Å². The SMILES string of the molecule is CC=CNC(C)CC. The Labute approximate surface area is 51.8 Å². The largest absolute Gasteiger partial charge is 0.389 e. The molecular weight excluding hydrogens is 98.1 g/mol. The summed E-state index contributed by atoms with van der Waals surface area (Å²) in [6.07, 6.45) is 5.17. The smallest absolute Gasteiger partial charge is 0.0224 e. The van der Waals surface area contributed by atoms with Crippen LogP contribution in [0.4, 0.5) is 0 Å². The fourth-order valence-electron chi connectivity index (χ4n) is 0.378. The van der Waals surface area contributed by atoms with Crippen molar-refractivity contribution in [3.05, 3.63) is 12.3 Å². The third-order valence-electron chi connectivity index (χ3n) is 1.16. The topological polar surface area (TPSA) is 12.0 Å². The molecule has 48 valence electrons. The first kappa shape index (κ1) is 7.54. The Balaban J connectivity index is 3.10. The molecule has 0 bridgehead atoms. The van der Waals surface area contributed by atoms with Crippen molar-refractivity contribution >= 4 is 0 Å². The molecule has 0 aromatic carbocycles. The lowest BCUT2D eigenvalue weighted by Crippen LogP contribution is -2.18. The normalized spacial score (nSPS) is 14.4. The molecule has 0 heterocycles. The molecule has 0 aliphatic carbocycles. The van der Waals surface area contributed by atoms with Crippen LogP contribution >= 0.6 is 0 Å². The van der Waals surface area contributed by atoms with Crippen LogP contribution in [0.3, 0.4) is 0 Å². The molecule has 0 aliphatic heterocycles. The van der Waals surface area contributed by atoms with Gasteiger partial charge in [0.1, 0.15) is 0 Å². The first-order valence-electron chi connectivity index (χ1n) is 3.18. The highest BCUT2D eigenvalue weighted by Gasteiger charge is 1.88. The molecule has 0 spiro atoms. The van der Waals surface area contributed by atoms with Crippen LogP contribution in [0, 0.1) is 0 Å². The zero-order valence-corrected chi connectivity index (χ0v) is 5.94. The molecule has 1 N–H and O–H groups in total. The van der Waals surface area contributed by atoms with Crippen LogP contribution in [-0.4, -0.2) is 6.04 Å². The van der Waals surface area contributed by atoms with E-state index in [-0.39, 0.29) is 0 Å². The van der Waals surface area contributed by atoms with E-state index in [1.807, 2.05) is 19.2 Å². The van der Waals surface area contributed by atoms with Crippen LogP contribution in [0.5, 0.6) is 0 Å². The third kappa shape index (κ3) is 3.72. The van der Waals surface area contributed by atoms with Crippen molar-refractivity contribution < 1.29 is 0 Å². The molecule has 0 saturated carbocycles. The highest BCUT2D eigenvalue weighted by atomic mass is 14.9. The maximum absolute atomic E-state index is 3.20. The van der Waals surface area contributed by atoms with Crippen molar-refractivity contribution in [2.75, 3.05) is 0 Å². The van der Waals surface area contributed by atoms with Gasteiger partial charge in [-0.1, -0.05) is 13.0 Å². The van der Waals surface area contributed by atoms with E-state index in [4.69, 9.17) is 0 Å². The number of hydrogen-bond acceptors (Lipinski definition) is 1. The first-order chi connectivity index (χ1) is 3.81. The second-order valence-corrected chi connectivity index (χ2v) is 1.98. The maximum atomic E-state index is 3.20. The maximum Gasteiger partial charge on any atom is 0.0224 e. The van der Waals surface area contributed by atoms with Gasteiger partial charge in [-0.05, 0) is 26.5 Å². The second-order valence-electron chi connectivity index (χ2n) is 1.98. The van der Waals surface area contributed by atoms with Crippen molar-refractivity contribution in [3.63, 3.8) is 0 Å². The van der Waals surface area contributed by atoms with Gasteiger partial charge in [-0.2, -0.15) is 0 Å². The lowest BCUT2D eigenvalue weighted by atomic mass is 10.3. The zero-order chi connectivity index (χ0) is 6.41. The Morgan fingerprint density at radius 2 is 2.25 bits per heavy atom. The Morgan fingerprint density at radius 1 is 1.62 bits per heavy atom. The van der Waals surface area contributed by atoms with E-state index < -0.39 is 0 Å². The molecule has 1 atom stereocenters. The van der Waals surface area contributed by atoms with Crippen LogP contribution < -0.4 is 5.32 Å². The average molecular weight is 113 g/mol. The van der Waals surface area contributed by atoms with Gasteiger partial charge in [0.05, 0.1) is 0 Å². The molecule has 0 radical (unpaired) electrons. The van der Waals surface area contributed by atoms with Crippen LogP contribution in [0.15, 0.2) is 12.3 Å². The molecular formula is C7H15N. The third-order valence-corrected chi connectivity index (χ3v) is 1.16. The van der Waals surface area contributed by atoms with Crippen molar-refractivity contribution in [1.29, 1.82) is 0 Å². The van der Waals surface area contributed by atoms with Crippen molar-refractivity contribution in [2.45, 2.75) is 33.2 Å². The monoisotopic (exact) mass is 113 g/mol. The van der Waals surface area contributed by atoms with Gasteiger partial charge >= 0.3 is 0 Å². The number of nitrogens with one attached hydrogen (secondary N) is 1. The van der Waals surface area contributed by atoms with E-state index in [0.29, 0.717) is 6.04 Å². The van der Waals surface area contributed by atoms with Crippen LogP contribution in [0.1, 0.15) is 27.2 Å². The van der Waals surface area contributed by atoms with Gasteiger partial charge in [-0.3, -0.25) is 0 Å². The Kier molecular flexibility index (Phi) is 4.42. The number of rotatable bonds is 3. The van der Waals surface area contributed by atoms with E-state index in [1.54, 1.807) is 0 Å². The zero-order valence-electron chi connectivity index (χ0n) is 5.94. The summed E-state index contributed by atoms with van der Waals surface area (Å²) in [5.41, 5.74) is 0. The Morgan fingerprint density at radius 3 is 2.62 bits per heavy atom. The van der Waals surface area contributed by atoms with Crippen molar-refractivity contribution in [2.24, 2.45) is 0 Å². The van der Waals surface area contributed by atoms with Gasteiger partial charge in [-0.25, -0.2) is 0 Å². The number of allylic oxidation sites excluding steroid dienone is 1. The lowest BCUT2D eigenvalue weighted by Gasteiger charge is -2.06. The predicted octanol–water partition coefficient (Wildman–Crippen LogP) is 1.91. The quantitative estimate of drug-likeness (QED) is 0.589. The Bertz CT molecular complexity index is 66.8. The molecule has 0 fully saturated rings. The fourth-order valence-corrected chi connectivity index (χ4v) is 0.378. The highest BCUT2D eigenvalue weighted by molar-refractivity contribution is 4.76. The first-order valence-corrected chi connectivity index (χ1v) is 3.18. The average Bonchev–Trinajstić information content (AvgIpc) is 1.83. The van der Waals surface area contributed by atoms with E-state index in [9.17, 15) is 0 Å². The van der Waals surface area contributed by atoms with Gasteiger partial charge < -0.3 is 5.32 Å². The van der Waals surface area contributed by atoms with E-state index >= 15 is 0 Å². The van der Waals surface area contributed by atoms with Gasteiger partial charge in [0.2, 0.25) is 0 Å². The molecule has 1 heteroatoms. The predicted molar refractivity (Wildman–Crippen MR) is 37.7 cm³/mol. The van der Waals surface area contributed by atoms with Gasteiger partial charge in [0.25, 0.3) is 0 Å². The summed E-state index contributed by atoms with van der Waals surface area (Å²) in [7, 11) is 0. The molecule has 0 amide bonds. The highest BCUT2D eigenvalue weighted by Crippen LogP contribution is 1.85. The summed E-state index contributed by atoms with van der Waals surface area (Å²) in [5.74, 6) is 0. The molecule has 0 aromatic heterocycles. The molecule has 0 rings (SSSR count). The van der Waals surface area contributed by atoms with E-state index in [0.717, 1.165) is 0 Å². The summed E-state index contributed by atoms with van der Waals surface area (Å²) >= 11 is 0. The lowest BCUT2D eigenvalue weighted by molar-refractivity contribution is 0.618. The molecule has 8 heavy (non-hydrogen) atoms. The molecule has 1 unspecified atom stereocenters. The standard InChI is InChI=1S/C7H15N/c1-4-6-8-7(3)5-2/h4,6-8H,5H2,1-3H3. The van der Waals surface area contributed by atoms with Crippen LogP contribution in [0.25, 0.3) is 0 Å². The van der Waals surface area contributed by atoms with Crippen molar-refractivity contribution in [1.82, 2.24) is 5.32 Å². The summed E-state index contributed by atoms with van der Waals surface area (Å²) in [5, 5.41) is 3.20. The second kappa shape index (κ2) is 4.69. The minimum Gasteiger partial charge on any atom is -0.389 e. The molecule has 0 aliphatic rings. The fraction of sp³-hybridized carbons (Fsp3) is 0.714. The number of hydrogen-bond donors (Lipinski definition) is 1. The Hall–Kier alpha value is -0.460. The minimum absolute atomic E-state index is 0.617. The van der Waals surface area contributed by atoms with Crippen molar-refractivity contribution in [3.8, 4) is 0 Å². The van der Waals surface area contributed by atoms with Crippen LogP contribution in [0.2, 0.25) is 0 Å².